The molecule has 0 atom stereocenters. The summed E-state index contributed by atoms with van der Waals surface area (Å²) >= 11 is 1.98. The minimum atomic E-state index is 0.618. The smallest absolute Gasteiger partial charge is 0.318 e. The van der Waals surface area contributed by atoms with Gasteiger partial charge in [-0.3, -0.25) is 0 Å². The van der Waals surface area contributed by atoms with Crippen molar-refractivity contribution in [1.29, 1.82) is 0 Å². The normalized spacial score (nSPS) is 16.2. The van der Waals surface area contributed by atoms with Crippen molar-refractivity contribution in [2.45, 2.75) is 36.5 Å². The van der Waals surface area contributed by atoms with Crippen molar-refractivity contribution in [3.8, 4) is 0 Å². The van der Waals surface area contributed by atoms with Crippen LogP contribution in [0.25, 0.3) is 0 Å². The summed E-state index contributed by atoms with van der Waals surface area (Å²) in [7, 11) is 1.87. The Morgan fingerprint density at radius 2 is 1.95 bits per heavy atom. The highest BCUT2D eigenvalue weighted by atomic mass is 32.2. The van der Waals surface area contributed by atoms with Crippen LogP contribution in [0.5, 0.6) is 0 Å². The highest BCUT2D eigenvalue weighted by Crippen LogP contribution is 2.31. The van der Waals surface area contributed by atoms with Crippen LogP contribution in [-0.4, -0.2) is 35.6 Å². The largest absolute Gasteiger partial charge is 0.407 e. The molecule has 22 heavy (non-hydrogen) atoms. The predicted molar refractivity (Wildman–Crippen MR) is 89.3 cm³/mol. The molecule has 0 unspecified atom stereocenters. The molecule has 0 aliphatic carbocycles. The van der Waals surface area contributed by atoms with Gasteiger partial charge >= 0.3 is 6.01 Å². The van der Waals surface area contributed by atoms with Gasteiger partial charge < -0.3 is 14.6 Å². The molecule has 3 rings (SSSR count). The molecule has 1 fully saturated rings. The van der Waals surface area contributed by atoms with Crippen molar-refractivity contribution in [2.24, 2.45) is 0 Å². The number of nitrogens with one attached hydrogen (secondary N) is 1. The van der Waals surface area contributed by atoms with Crippen LogP contribution in [0.15, 0.2) is 33.6 Å². The van der Waals surface area contributed by atoms with Crippen LogP contribution in [-0.2, 0) is 6.54 Å². The molecule has 2 heterocycles. The lowest BCUT2D eigenvalue weighted by Gasteiger charge is -2.30. The van der Waals surface area contributed by atoms with Gasteiger partial charge in [0, 0.05) is 23.2 Å². The third-order valence-electron chi connectivity index (χ3n) is 3.82. The van der Waals surface area contributed by atoms with Crippen molar-refractivity contribution in [2.75, 3.05) is 25.0 Å². The van der Waals surface area contributed by atoms with Crippen LogP contribution in [0.1, 0.15) is 24.3 Å². The Morgan fingerprint density at radius 3 is 2.64 bits per heavy atom. The van der Waals surface area contributed by atoms with E-state index in [9.17, 15) is 0 Å². The van der Waals surface area contributed by atoms with Gasteiger partial charge in [0.15, 0.2) is 0 Å². The first kappa shape index (κ1) is 15.4. The van der Waals surface area contributed by atoms with E-state index < -0.39 is 0 Å². The monoisotopic (exact) mass is 318 g/mol. The van der Waals surface area contributed by atoms with Crippen LogP contribution in [0.3, 0.4) is 0 Å². The molecular formula is C16H22N4OS. The summed E-state index contributed by atoms with van der Waals surface area (Å²) in [5, 5.41) is 11.9. The summed E-state index contributed by atoms with van der Waals surface area (Å²) in [5.41, 5.74) is 1.31. The van der Waals surface area contributed by atoms with E-state index in [2.05, 4.69) is 51.6 Å². The molecule has 0 bridgehead atoms. The Kier molecular flexibility index (Phi) is 5.00. The second-order valence-corrected chi connectivity index (χ2v) is 7.00. The first-order chi connectivity index (χ1) is 10.7. The maximum absolute atomic E-state index is 5.66. The fraction of sp³-hybridized carbons (Fsp3) is 0.500. The zero-order chi connectivity index (χ0) is 15.4. The summed E-state index contributed by atoms with van der Waals surface area (Å²) in [5.74, 6) is 0.647. The van der Waals surface area contributed by atoms with Crippen molar-refractivity contribution in [1.82, 2.24) is 15.5 Å². The molecule has 1 aliphatic heterocycles. The molecule has 1 aliphatic rings. The number of piperidine rings is 1. The van der Waals surface area contributed by atoms with Gasteiger partial charge in [0.05, 0.1) is 6.54 Å². The Morgan fingerprint density at radius 1 is 1.23 bits per heavy atom. The van der Waals surface area contributed by atoms with E-state index in [1.165, 1.54) is 10.5 Å². The maximum Gasteiger partial charge on any atom is 0.318 e. The van der Waals surface area contributed by atoms with Gasteiger partial charge in [-0.25, -0.2) is 0 Å². The minimum Gasteiger partial charge on any atom is -0.407 e. The zero-order valence-electron chi connectivity index (χ0n) is 13.1. The average Bonchev–Trinajstić information content (AvgIpc) is 2.99. The van der Waals surface area contributed by atoms with Crippen molar-refractivity contribution in [3.05, 3.63) is 35.7 Å². The molecule has 0 saturated carbocycles. The highest BCUT2D eigenvalue weighted by molar-refractivity contribution is 8.00. The number of benzene rings is 1. The molecule has 1 N–H and O–H groups in total. The molecular weight excluding hydrogens is 296 g/mol. The van der Waals surface area contributed by atoms with E-state index in [1.807, 2.05) is 18.8 Å². The minimum absolute atomic E-state index is 0.618. The standard InChI is InChI=1S/C16H22N4OS/c1-12-3-5-13(6-4-12)22-14-7-9-20(10-8-14)16-19-18-15(21-16)11-17-2/h3-6,14,17H,7-11H2,1-2H3. The van der Waals surface area contributed by atoms with Crippen LogP contribution in [0.2, 0.25) is 0 Å². The van der Waals surface area contributed by atoms with Crippen LogP contribution < -0.4 is 10.2 Å². The Balaban J connectivity index is 1.52. The number of hydrogen-bond acceptors (Lipinski definition) is 6. The number of hydrogen-bond donors (Lipinski definition) is 1. The summed E-state index contributed by atoms with van der Waals surface area (Å²) in [6.45, 7) is 4.70. The Bertz CT molecular complexity index is 590. The van der Waals surface area contributed by atoms with Gasteiger partial charge in [-0.2, -0.15) is 0 Å². The average molecular weight is 318 g/mol. The molecule has 118 valence electrons. The lowest BCUT2D eigenvalue weighted by Crippen LogP contribution is -2.35. The third kappa shape index (κ3) is 3.81. The van der Waals surface area contributed by atoms with Gasteiger partial charge in [-0.1, -0.05) is 22.8 Å². The van der Waals surface area contributed by atoms with Crippen LogP contribution in [0.4, 0.5) is 6.01 Å². The molecule has 1 aromatic carbocycles. The summed E-state index contributed by atoms with van der Waals surface area (Å²) in [6.07, 6.45) is 2.28. The number of aromatic nitrogens is 2. The van der Waals surface area contributed by atoms with Crippen molar-refractivity contribution < 1.29 is 4.42 Å². The van der Waals surface area contributed by atoms with Crippen molar-refractivity contribution >= 4 is 17.8 Å². The predicted octanol–water partition coefficient (Wildman–Crippen LogP) is 2.86. The molecule has 1 aromatic heterocycles. The third-order valence-corrected chi connectivity index (χ3v) is 5.17. The van der Waals surface area contributed by atoms with Gasteiger partial charge in [0.25, 0.3) is 0 Å². The Labute approximate surface area is 135 Å². The first-order valence-corrected chi connectivity index (χ1v) is 8.58. The van der Waals surface area contributed by atoms with Crippen LogP contribution in [0, 0.1) is 6.92 Å². The number of nitrogens with zero attached hydrogens (tertiary/aromatic N) is 3. The molecule has 2 aromatic rings. The summed E-state index contributed by atoms with van der Waals surface area (Å²) < 4.78 is 5.66. The number of aryl methyl sites for hydroxylation is 1. The quantitative estimate of drug-likeness (QED) is 0.915. The van der Waals surface area contributed by atoms with E-state index in [0.29, 0.717) is 23.7 Å². The van der Waals surface area contributed by atoms with Gasteiger partial charge in [-0.05, 0) is 38.9 Å². The van der Waals surface area contributed by atoms with Gasteiger partial charge in [0.1, 0.15) is 0 Å². The second-order valence-electron chi connectivity index (χ2n) is 5.63. The lowest BCUT2D eigenvalue weighted by molar-refractivity contribution is 0.455. The fourth-order valence-electron chi connectivity index (χ4n) is 2.57. The number of thioether (sulfide) groups is 1. The first-order valence-electron chi connectivity index (χ1n) is 7.70. The molecule has 0 radical (unpaired) electrons. The second kappa shape index (κ2) is 7.15. The Hall–Kier alpha value is -1.53. The van der Waals surface area contributed by atoms with E-state index in [0.717, 1.165) is 25.9 Å². The molecule has 0 amide bonds. The topological polar surface area (TPSA) is 54.2 Å². The zero-order valence-corrected chi connectivity index (χ0v) is 13.9. The highest BCUT2D eigenvalue weighted by Gasteiger charge is 2.23. The van der Waals surface area contributed by atoms with Gasteiger partial charge in [-0.15, -0.1) is 16.9 Å². The lowest BCUT2D eigenvalue weighted by atomic mass is 10.1. The van der Waals surface area contributed by atoms with Crippen molar-refractivity contribution in [3.63, 3.8) is 0 Å². The van der Waals surface area contributed by atoms with E-state index in [4.69, 9.17) is 4.42 Å². The summed E-state index contributed by atoms with van der Waals surface area (Å²) in [6, 6.07) is 9.45. The summed E-state index contributed by atoms with van der Waals surface area (Å²) in [4.78, 5) is 3.55. The van der Waals surface area contributed by atoms with E-state index in [-0.39, 0.29) is 0 Å². The number of anilines is 1. The van der Waals surface area contributed by atoms with E-state index in [1.54, 1.807) is 0 Å². The van der Waals surface area contributed by atoms with Gasteiger partial charge in [0.2, 0.25) is 5.89 Å². The maximum atomic E-state index is 5.66. The molecule has 6 heteroatoms. The van der Waals surface area contributed by atoms with E-state index >= 15 is 0 Å². The van der Waals surface area contributed by atoms with Crippen LogP contribution >= 0.6 is 11.8 Å². The molecule has 1 saturated heterocycles. The number of rotatable bonds is 5. The molecule has 5 nitrogen and oxygen atoms in total. The SMILES string of the molecule is CNCc1nnc(N2CCC(Sc3ccc(C)cc3)CC2)o1. The molecule has 0 spiro atoms. The fourth-order valence-corrected chi connectivity index (χ4v) is 3.69.